The summed E-state index contributed by atoms with van der Waals surface area (Å²) in [5.41, 5.74) is 8.59. The number of nitrogens with two attached hydrogens (primary N) is 1. The standard InChI is InChI=1S/C24H26N2O2/c1-17-21(18-11-7-5-8-12-18)15-20(16-26-17)24(23(2,3)4,28-22(25)27)19-13-9-6-10-14-19/h5-16H,1-4H3,(H2,25,27). The van der Waals surface area contributed by atoms with Gasteiger partial charge in [-0.15, -0.1) is 0 Å². The van der Waals surface area contributed by atoms with E-state index in [2.05, 4.69) is 11.1 Å². The van der Waals surface area contributed by atoms with Gasteiger partial charge in [-0.25, -0.2) is 4.79 Å². The van der Waals surface area contributed by atoms with Crippen molar-refractivity contribution >= 4 is 6.09 Å². The highest BCUT2D eigenvalue weighted by atomic mass is 16.6. The number of hydrogen-bond acceptors (Lipinski definition) is 3. The van der Waals surface area contributed by atoms with E-state index >= 15 is 0 Å². The van der Waals surface area contributed by atoms with Crippen LogP contribution in [0.15, 0.2) is 72.9 Å². The largest absolute Gasteiger partial charge is 0.433 e. The van der Waals surface area contributed by atoms with Crippen LogP contribution < -0.4 is 5.73 Å². The van der Waals surface area contributed by atoms with Gasteiger partial charge in [0.2, 0.25) is 0 Å². The minimum absolute atomic E-state index is 0.478. The van der Waals surface area contributed by atoms with Gasteiger partial charge < -0.3 is 10.5 Å². The molecule has 1 aromatic heterocycles. The second-order valence-electron chi connectivity index (χ2n) is 7.94. The van der Waals surface area contributed by atoms with E-state index in [4.69, 9.17) is 10.5 Å². The predicted molar refractivity (Wildman–Crippen MR) is 112 cm³/mol. The van der Waals surface area contributed by atoms with Crippen molar-refractivity contribution in [2.45, 2.75) is 33.3 Å². The van der Waals surface area contributed by atoms with Gasteiger partial charge in [-0.3, -0.25) is 4.98 Å². The van der Waals surface area contributed by atoms with Crippen molar-refractivity contribution in [1.29, 1.82) is 0 Å². The number of pyridine rings is 1. The van der Waals surface area contributed by atoms with E-state index in [1.807, 2.05) is 88.4 Å². The number of aryl methyl sites for hydroxylation is 1. The number of ether oxygens (including phenoxy) is 1. The van der Waals surface area contributed by atoms with Crippen molar-refractivity contribution in [2.24, 2.45) is 11.1 Å². The quantitative estimate of drug-likeness (QED) is 0.661. The summed E-state index contributed by atoms with van der Waals surface area (Å²) in [6, 6.07) is 21.8. The maximum absolute atomic E-state index is 12.0. The van der Waals surface area contributed by atoms with Crippen LogP contribution in [0.2, 0.25) is 0 Å². The van der Waals surface area contributed by atoms with Crippen LogP contribution in [0.4, 0.5) is 4.79 Å². The number of hydrogen-bond donors (Lipinski definition) is 1. The smallest absolute Gasteiger partial charge is 0.405 e. The molecular formula is C24H26N2O2. The summed E-state index contributed by atoms with van der Waals surface area (Å²) in [5, 5.41) is 0. The summed E-state index contributed by atoms with van der Waals surface area (Å²) in [6.07, 6.45) is 0.962. The first kappa shape index (κ1) is 19.6. The average molecular weight is 374 g/mol. The van der Waals surface area contributed by atoms with Crippen LogP contribution in [-0.4, -0.2) is 11.1 Å². The van der Waals surface area contributed by atoms with Crippen LogP contribution in [-0.2, 0) is 10.3 Å². The molecule has 1 amide bonds. The summed E-state index contributed by atoms with van der Waals surface area (Å²) >= 11 is 0. The minimum Gasteiger partial charge on any atom is -0.433 e. The Morgan fingerprint density at radius 3 is 2.04 bits per heavy atom. The Labute approximate surface area is 166 Å². The molecule has 28 heavy (non-hydrogen) atoms. The van der Waals surface area contributed by atoms with E-state index < -0.39 is 17.1 Å². The van der Waals surface area contributed by atoms with Crippen LogP contribution >= 0.6 is 0 Å². The van der Waals surface area contributed by atoms with E-state index in [1.165, 1.54) is 0 Å². The molecule has 0 saturated carbocycles. The Hall–Kier alpha value is -3.14. The average Bonchev–Trinajstić information content (AvgIpc) is 2.67. The van der Waals surface area contributed by atoms with Crippen molar-refractivity contribution in [3.63, 3.8) is 0 Å². The predicted octanol–water partition coefficient (Wildman–Crippen LogP) is 5.44. The van der Waals surface area contributed by atoms with Crippen molar-refractivity contribution in [3.8, 4) is 11.1 Å². The molecule has 0 aliphatic heterocycles. The highest BCUT2D eigenvalue weighted by molar-refractivity contribution is 5.69. The normalized spacial score (nSPS) is 13.6. The van der Waals surface area contributed by atoms with Crippen LogP contribution in [0.1, 0.15) is 37.6 Å². The molecule has 0 aliphatic carbocycles. The minimum atomic E-state index is -1.08. The number of aromatic nitrogens is 1. The number of carbonyl (C=O) groups excluding carboxylic acids is 1. The number of rotatable bonds is 4. The van der Waals surface area contributed by atoms with Crippen molar-refractivity contribution in [1.82, 2.24) is 4.98 Å². The monoisotopic (exact) mass is 374 g/mol. The van der Waals surface area contributed by atoms with E-state index in [1.54, 1.807) is 6.20 Å². The molecule has 3 rings (SSSR count). The summed E-state index contributed by atoms with van der Waals surface area (Å²) in [7, 11) is 0. The summed E-state index contributed by atoms with van der Waals surface area (Å²) in [4.78, 5) is 16.6. The van der Waals surface area contributed by atoms with Gasteiger partial charge in [-0.05, 0) is 18.6 Å². The van der Waals surface area contributed by atoms with Gasteiger partial charge in [0.15, 0.2) is 5.60 Å². The Balaban J connectivity index is 2.31. The highest BCUT2D eigenvalue weighted by Gasteiger charge is 2.49. The van der Waals surface area contributed by atoms with Crippen LogP contribution in [0.3, 0.4) is 0 Å². The lowest BCUT2D eigenvalue weighted by atomic mass is 9.68. The van der Waals surface area contributed by atoms with Crippen LogP contribution in [0.25, 0.3) is 11.1 Å². The Morgan fingerprint density at radius 2 is 1.50 bits per heavy atom. The molecule has 0 bridgehead atoms. The Kier molecular flexibility index (Phi) is 5.23. The zero-order chi connectivity index (χ0) is 20.4. The zero-order valence-corrected chi connectivity index (χ0v) is 16.8. The fraction of sp³-hybridized carbons (Fsp3) is 0.250. The molecule has 1 atom stereocenters. The van der Waals surface area contributed by atoms with E-state index in [0.29, 0.717) is 0 Å². The molecule has 4 heteroatoms. The molecule has 0 radical (unpaired) electrons. The lowest BCUT2D eigenvalue weighted by Crippen LogP contribution is -2.46. The van der Waals surface area contributed by atoms with Crippen molar-refractivity contribution in [3.05, 3.63) is 89.7 Å². The van der Waals surface area contributed by atoms with Crippen molar-refractivity contribution in [2.75, 3.05) is 0 Å². The van der Waals surface area contributed by atoms with Gasteiger partial charge >= 0.3 is 6.09 Å². The van der Waals surface area contributed by atoms with Crippen LogP contribution in [0.5, 0.6) is 0 Å². The fourth-order valence-electron chi connectivity index (χ4n) is 3.76. The maximum Gasteiger partial charge on any atom is 0.405 e. The number of benzene rings is 2. The molecule has 1 unspecified atom stereocenters. The first-order valence-electron chi connectivity index (χ1n) is 9.32. The molecular weight excluding hydrogens is 348 g/mol. The number of amides is 1. The molecule has 2 aromatic carbocycles. The number of primary amides is 1. The lowest BCUT2D eigenvalue weighted by Gasteiger charge is -2.44. The molecule has 0 fully saturated rings. The second kappa shape index (κ2) is 7.47. The third kappa shape index (κ3) is 3.50. The van der Waals surface area contributed by atoms with Gasteiger partial charge in [0.25, 0.3) is 0 Å². The third-order valence-electron chi connectivity index (χ3n) is 5.07. The lowest BCUT2D eigenvalue weighted by molar-refractivity contribution is -0.0376. The zero-order valence-electron chi connectivity index (χ0n) is 16.8. The van der Waals surface area contributed by atoms with E-state index in [-0.39, 0.29) is 0 Å². The molecule has 4 nitrogen and oxygen atoms in total. The Bertz CT molecular complexity index is 963. The van der Waals surface area contributed by atoms with Gasteiger partial charge in [0.05, 0.1) is 0 Å². The topological polar surface area (TPSA) is 65.2 Å². The van der Waals surface area contributed by atoms with Gasteiger partial charge in [0.1, 0.15) is 0 Å². The number of carbonyl (C=O) groups is 1. The molecule has 2 N–H and O–H groups in total. The van der Waals surface area contributed by atoms with Crippen molar-refractivity contribution < 1.29 is 9.53 Å². The second-order valence-corrected chi connectivity index (χ2v) is 7.94. The van der Waals surface area contributed by atoms with Gasteiger partial charge in [-0.1, -0.05) is 81.4 Å². The van der Waals surface area contributed by atoms with Gasteiger partial charge in [0, 0.05) is 34.0 Å². The first-order chi connectivity index (χ1) is 13.3. The fourth-order valence-corrected chi connectivity index (χ4v) is 3.76. The molecule has 3 aromatic rings. The summed E-state index contributed by atoms with van der Waals surface area (Å²) in [6.45, 7) is 8.07. The molecule has 1 heterocycles. The Morgan fingerprint density at radius 1 is 0.929 bits per heavy atom. The van der Waals surface area contributed by atoms with E-state index in [0.717, 1.165) is 27.9 Å². The molecule has 144 valence electrons. The molecule has 0 aliphatic rings. The molecule has 0 saturated heterocycles. The molecule has 0 spiro atoms. The highest BCUT2D eigenvalue weighted by Crippen LogP contribution is 2.48. The third-order valence-corrected chi connectivity index (χ3v) is 5.07. The van der Waals surface area contributed by atoms with Crippen LogP contribution in [0, 0.1) is 12.3 Å². The summed E-state index contributed by atoms with van der Waals surface area (Å²) < 4.78 is 5.90. The first-order valence-corrected chi connectivity index (χ1v) is 9.32. The van der Waals surface area contributed by atoms with E-state index in [9.17, 15) is 4.79 Å². The van der Waals surface area contributed by atoms with Gasteiger partial charge in [-0.2, -0.15) is 0 Å². The number of nitrogens with zero attached hydrogens (tertiary/aromatic N) is 1. The SMILES string of the molecule is Cc1ncc(C(OC(N)=O)(c2ccccc2)C(C)(C)C)cc1-c1ccccc1. The maximum atomic E-state index is 12.0. The summed E-state index contributed by atoms with van der Waals surface area (Å²) in [5.74, 6) is 0.